The third kappa shape index (κ3) is 4.22. The Morgan fingerprint density at radius 1 is 1.07 bits per heavy atom. The first-order valence-electron chi connectivity index (χ1n) is 8.67. The molecule has 2 heterocycles. The maximum absolute atomic E-state index is 12.6. The molecule has 0 aliphatic rings. The Hall–Kier alpha value is -3.95. The summed E-state index contributed by atoms with van der Waals surface area (Å²) in [4.78, 5) is 16.2. The van der Waals surface area contributed by atoms with Crippen LogP contribution >= 0.6 is 0 Å². The molecule has 0 amide bonds. The van der Waals surface area contributed by atoms with Gasteiger partial charge in [0.2, 0.25) is 5.82 Å². The standard InChI is InChI=1S/C20H13F3N4O3/c21-20(22,23)15-6-2-13(3-7-15)18-25-17(30-26-18)12-29-19(28)14-4-8-16(9-5-14)27-11-1-10-24-27/h1-11H,12H2. The number of benzene rings is 2. The predicted molar refractivity (Wildman–Crippen MR) is 97.4 cm³/mol. The number of hydrogen-bond donors (Lipinski definition) is 0. The average Bonchev–Trinajstić information content (AvgIpc) is 3.44. The van der Waals surface area contributed by atoms with Crippen LogP contribution in [-0.4, -0.2) is 25.9 Å². The summed E-state index contributed by atoms with van der Waals surface area (Å²) in [5.41, 5.74) is 0.684. The molecule has 10 heteroatoms. The molecule has 4 rings (SSSR count). The van der Waals surface area contributed by atoms with E-state index in [4.69, 9.17) is 9.26 Å². The third-order valence-corrected chi connectivity index (χ3v) is 4.14. The fraction of sp³-hybridized carbons (Fsp3) is 0.100. The zero-order chi connectivity index (χ0) is 21.1. The Morgan fingerprint density at radius 3 is 2.43 bits per heavy atom. The minimum absolute atomic E-state index is 0.0198. The van der Waals surface area contributed by atoms with Crippen LogP contribution in [0.25, 0.3) is 17.1 Å². The largest absolute Gasteiger partial charge is 0.452 e. The second-order valence-electron chi connectivity index (χ2n) is 6.16. The molecule has 0 N–H and O–H groups in total. The zero-order valence-electron chi connectivity index (χ0n) is 15.2. The number of alkyl halides is 3. The Bertz CT molecular complexity index is 1140. The first-order valence-corrected chi connectivity index (χ1v) is 8.67. The van der Waals surface area contributed by atoms with Gasteiger partial charge in [-0.2, -0.15) is 23.3 Å². The second-order valence-corrected chi connectivity index (χ2v) is 6.16. The van der Waals surface area contributed by atoms with Crippen LogP contribution in [0.1, 0.15) is 21.8 Å². The summed E-state index contributed by atoms with van der Waals surface area (Å²) in [6, 6.07) is 12.8. The third-order valence-electron chi connectivity index (χ3n) is 4.14. The van der Waals surface area contributed by atoms with Crippen molar-refractivity contribution in [3.05, 3.63) is 84.0 Å². The molecule has 0 spiro atoms. The highest BCUT2D eigenvalue weighted by Crippen LogP contribution is 2.30. The number of halogens is 3. The van der Waals surface area contributed by atoms with Crippen molar-refractivity contribution in [1.82, 2.24) is 19.9 Å². The smallest absolute Gasteiger partial charge is 0.416 e. The monoisotopic (exact) mass is 414 g/mol. The first kappa shape index (κ1) is 19.4. The molecular formula is C20H13F3N4O3. The molecule has 0 radical (unpaired) electrons. The number of rotatable bonds is 5. The molecule has 0 aliphatic carbocycles. The normalized spacial score (nSPS) is 11.4. The SMILES string of the molecule is O=C(OCc1nc(-c2ccc(C(F)(F)F)cc2)no1)c1ccc(-n2cccn2)cc1. The van der Waals surface area contributed by atoms with E-state index in [2.05, 4.69) is 15.2 Å². The minimum atomic E-state index is -4.42. The van der Waals surface area contributed by atoms with Gasteiger partial charge in [0.15, 0.2) is 6.61 Å². The maximum Gasteiger partial charge on any atom is 0.416 e. The lowest BCUT2D eigenvalue weighted by Gasteiger charge is -2.05. The summed E-state index contributed by atoms with van der Waals surface area (Å²) >= 11 is 0. The summed E-state index contributed by atoms with van der Waals surface area (Å²) in [5.74, 6) is -0.471. The Balaban J connectivity index is 1.38. The van der Waals surface area contributed by atoms with Crippen LogP contribution in [0.3, 0.4) is 0 Å². The molecule has 0 aliphatic heterocycles. The van der Waals surface area contributed by atoms with Gasteiger partial charge in [-0.3, -0.25) is 0 Å². The van der Waals surface area contributed by atoms with Gasteiger partial charge in [-0.1, -0.05) is 17.3 Å². The van der Waals surface area contributed by atoms with Crippen molar-refractivity contribution in [3.8, 4) is 17.1 Å². The van der Waals surface area contributed by atoms with E-state index in [9.17, 15) is 18.0 Å². The molecule has 0 saturated heterocycles. The van der Waals surface area contributed by atoms with Crippen molar-refractivity contribution >= 4 is 5.97 Å². The minimum Gasteiger partial charge on any atom is -0.452 e. The zero-order valence-corrected chi connectivity index (χ0v) is 15.2. The van der Waals surface area contributed by atoms with E-state index in [0.29, 0.717) is 11.1 Å². The predicted octanol–water partition coefficient (Wildman–Crippen LogP) is 4.30. The molecule has 0 saturated carbocycles. The van der Waals surface area contributed by atoms with Crippen LogP contribution in [-0.2, 0) is 17.5 Å². The Labute approximate surface area is 167 Å². The number of nitrogens with zero attached hydrogens (tertiary/aromatic N) is 4. The van der Waals surface area contributed by atoms with Crippen LogP contribution in [0.15, 0.2) is 71.5 Å². The highest BCUT2D eigenvalue weighted by Gasteiger charge is 2.30. The van der Waals surface area contributed by atoms with Crippen LogP contribution in [0.4, 0.5) is 13.2 Å². The van der Waals surface area contributed by atoms with Gasteiger partial charge in [-0.15, -0.1) is 0 Å². The molecule has 0 unspecified atom stereocenters. The molecule has 152 valence electrons. The van der Waals surface area contributed by atoms with Gasteiger partial charge in [0.1, 0.15) is 0 Å². The molecule has 2 aromatic carbocycles. The van der Waals surface area contributed by atoms with Crippen LogP contribution in [0, 0.1) is 0 Å². The highest BCUT2D eigenvalue weighted by atomic mass is 19.4. The lowest BCUT2D eigenvalue weighted by atomic mass is 10.1. The van der Waals surface area contributed by atoms with Crippen molar-refractivity contribution in [2.24, 2.45) is 0 Å². The summed E-state index contributed by atoms with van der Waals surface area (Å²) in [7, 11) is 0. The van der Waals surface area contributed by atoms with Gasteiger partial charge in [0.05, 0.1) is 16.8 Å². The molecule has 0 fully saturated rings. The van der Waals surface area contributed by atoms with E-state index >= 15 is 0 Å². The molecule has 2 aromatic heterocycles. The van der Waals surface area contributed by atoms with Gasteiger partial charge in [0, 0.05) is 18.0 Å². The van der Waals surface area contributed by atoms with E-state index in [0.717, 1.165) is 17.8 Å². The Kier molecular flexibility index (Phi) is 5.05. The van der Waals surface area contributed by atoms with Gasteiger partial charge in [-0.25, -0.2) is 9.48 Å². The van der Waals surface area contributed by atoms with Crippen LogP contribution in [0.2, 0.25) is 0 Å². The van der Waals surface area contributed by atoms with Crippen molar-refractivity contribution in [3.63, 3.8) is 0 Å². The number of carbonyl (C=O) groups is 1. The quantitative estimate of drug-likeness (QED) is 0.453. The first-order chi connectivity index (χ1) is 14.4. The summed E-state index contributed by atoms with van der Waals surface area (Å²) in [6.45, 7) is -0.270. The summed E-state index contributed by atoms with van der Waals surface area (Å²) in [5, 5.41) is 7.80. The van der Waals surface area contributed by atoms with E-state index in [1.165, 1.54) is 12.1 Å². The van der Waals surface area contributed by atoms with Gasteiger partial charge in [-0.05, 0) is 42.5 Å². The topological polar surface area (TPSA) is 83.0 Å². The van der Waals surface area contributed by atoms with E-state index in [1.807, 2.05) is 0 Å². The van der Waals surface area contributed by atoms with Gasteiger partial charge < -0.3 is 9.26 Å². The van der Waals surface area contributed by atoms with Crippen molar-refractivity contribution in [2.45, 2.75) is 12.8 Å². The number of aromatic nitrogens is 4. The molecule has 7 nitrogen and oxygen atoms in total. The number of carbonyl (C=O) groups excluding carboxylic acids is 1. The van der Waals surface area contributed by atoms with E-state index in [1.54, 1.807) is 47.4 Å². The summed E-state index contributed by atoms with van der Waals surface area (Å²) in [6.07, 6.45) is -1.01. The maximum atomic E-state index is 12.6. The lowest BCUT2D eigenvalue weighted by molar-refractivity contribution is -0.137. The number of ether oxygens (including phenoxy) is 1. The van der Waals surface area contributed by atoms with Crippen LogP contribution in [0.5, 0.6) is 0 Å². The van der Waals surface area contributed by atoms with Gasteiger partial charge >= 0.3 is 12.1 Å². The highest BCUT2D eigenvalue weighted by molar-refractivity contribution is 5.89. The lowest BCUT2D eigenvalue weighted by Crippen LogP contribution is -2.06. The number of esters is 1. The second kappa shape index (κ2) is 7.82. The van der Waals surface area contributed by atoms with Crippen molar-refractivity contribution < 1.29 is 27.2 Å². The molecule has 0 bridgehead atoms. The summed E-state index contributed by atoms with van der Waals surface area (Å²) < 4.78 is 49.7. The van der Waals surface area contributed by atoms with Crippen molar-refractivity contribution in [1.29, 1.82) is 0 Å². The van der Waals surface area contributed by atoms with E-state index in [-0.39, 0.29) is 18.3 Å². The Morgan fingerprint density at radius 2 is 1.80 bits per heavy atom. The number of hydrogen-bond acceptors (Lipinski definition) is 6. The molecule has 0 atom stereocenters. The van der Waals surface area contributed by atoms with Crippen molar-refractivity contribution in [2.75, 3.05) is 0 Å². The van der Waals surface area contributed by atoms with E-state index < -0.39 is 17.7 Å². The fourth-order valence-corrected chi connectivity index (χ4v) is 2.62. The fourth-order valence-electron chi connectivity index (χ4n) is 2.62. The van der Waals surface area contributed by atoms with Gasteiger partial charge in [0.25, 0.3) is 5.89 Å². The average molecular weight is 414 g/mol. The molecule has 30 heavy (non-hydrogen) atoms. The molecular weight excluding hydrogens is 401 g/mol. The van der Waals surface area contributed by atoms with Crippen LogP contribution < -0.4 is 0 Å². The molecule has 4 aromatic rings.